The fourth-order valence-electron chi connectivity index (χ4n) is 5.40. The number of rotatable bonds is 18. The highest BCUT2D eigenvalue weighted by molar-refractivity contribution is 5.93. The Morgan fingerprint density at radius 2 is 1.12 bits per heavy atom. The van der Waals surface area contributed by atoms with Gasteiger partial charge in [0.1, 0.15) is 17.7 Å². The molecule has 0 radical (unpaired) electrons. The molecule has 0 aliphatic carbocycles. The molecule has 0 aromatic heterocycles. The minimum Gasteiger partial charge on any atom is -0.467 e. The summed E-state index contributed by atoms with van der Waals surface area (Å²) in [5.74, 6) is -2.27. The molecule has 0 fully saturated rings. The normalized spacial score (nSPS) is 14.2. The topological polar surface area (TPSA) is 152 Å². The lowest BCUT2D eigenvalue weighted by molar-refractivity contribution is -0.145. The van der Waals surface area contributed by atoms with Crippen LogP contribution in [0.4, 0.5) is 4.79 Å². The van der Waals surface area contributed by atoms with E-state index in [2.05, 4.69) is 21.3 Å². The molecule has 5 atom stereocenters. The summed E-state index contributed by atoms with van der Waals surface area (Å²) >= 11 is 0. The van der Waals surface area contributed by atoms with Crippen LogP contribution >= 0.6 is 0 Å². The third-order valence-electron chi connectivity index (χ3n) is 8.36. The molecular weight excluding hydrogens is 648 g/mol. The molecular formula is C40H52N4O7. The number of methoxy groups -OCH3 is 1. The van der Waals surface area contributed by atoms with E-state index in [9.17, 15) is 24.0 Å². The predicted molar refractivity (Wildman–Crippen MR) is 196 cm³/mol. The Balaban J connectivity index is 1.81. The molecule has 51 heavy (non-hydrogen) atoms. The van der Waals surface area contributed by atoms with Gasteiger partial charge in [0.05, 0.1) is 25.7 Å². The van der Waals surface area contributed by atoms with Gasteiger partial charge in [-0.3, -0.25) is 19.7 Å². The molecule has 11 nitrogen and oxygen atoms in total. The highest BCUT2D eigenvalue weighted by Gasteiger charge is 2.33. The lowest BCUT2D eigenvalue weighted by Crippen LogP contribution is -2.58. The van der Waals surface area contributed by atoms with E-state index in [-0.39, 0.29) is 37.5 Å². The number of ketones is 1. The molecule has 0 aliphatic heterocycles. The summed E-state index contributed by atoms with van der Waals surface area (Å²) in [4.78, 5) is 66.9. The highest BCUT2D eigenvalue weighted by Crippen LogP contribution is 2.13. The summed E-state index contributed by atoms with van der Waals surface area (Å²) in [6, 6.07) is 24.0. The Labute approximate surface area is 301 Å². The number of hydrogen-bond acceptors (Lipinski definition) is 8. The molecule has 0 spiro atoms. The molecule has 274 valence electrons. The fourth-order valence-corrected chi connectivity index (χ4v) is 5.40. The van der Waals surface area contributed by atoms with Crippen LogP contribution in [0, 0.1) is 5.92 Å². The van der Waals surface area contributed by atoms with Crippen LogP contribution in [-0.4, -0.2) is 73.1 Å². The maximum atomic E-state index is 14.0. The van der Waals surface area contributed by atoms with E-state index in [0.717, 1.165) is 16.7 Å². The van der Waals surface area contributed by atoms with Gasteiger partial charge in [-0.15, -0.1) is 0 Å². The van der Waals surface area contributed by atoms with Crippen molar-refractivity contribution in [2.24, 2.45) is 5.92 Å². The van der Waals surface area contributed by atoms with Crippen LogP contribution in [0.25, 0.3) is 0 Å². The molecule has 0 aliphatic rings. The molecule has 3 aromatic carbocycles. The van der Waals surface area contributed by atoms with Gasteiger partial charge in [-0.1, -0.05) is 111 Å². The molecule has 0 heterocycles. The first-order chi connectivity index (χ1) is 24.3. The summed E-state index contributed by atoms with van der Waals surface area (Å²) < 4.78 is 10.4. The minimum atomic E-state index is -0.985. The van der Waals surface area contributed by atoms with Crippen molar-refractivity contribution in [1.29, 1.82) is 0 Å². The van der Waals surface area contributed by atoms with Crippen LogP contribution in [0.1, 0.15) is 57.7 Å². The van der Waals surface area contributed by atoms with Crippen LogP contribution in [0.2, 0.25) is 0 Å². The molecule has 0 bridgehead atoms. The number of hydrogen-bond donors (Lipinski definition) is 4. The minimum absolute atomic E-state index is 0.211. The number of carbonyl (C=O) groups is 5. The quantitative estimate of drug-likeness (QED) is 0.143. The van der Waals surface area contributed by atoms with Crippen LogP contribution in [0.15, 0.2) is 91.0 Å². The largest absolute Gasteiger partial charge is 0.467 e. The monoisotopic (exact) mass is 700 g/mol. The highest BCUT2D eigenvalue weighted by atomic mass is 16.6. The van der Waals surface area contributed by atoms with E-state index in [4.69, 9.17) is 9.47 Å². The first kappa shape index (κ1) is 40.4. The number of ether oxygens (including phenoxy) is 2. The first-order valence-electron chi connectivity index (χ1n) is 17.4. The summed E-state index contributed by atoms with van der Waals surface area (Å²) in [7, 11) is 1.26. The molecule has 3 amide bonds. The van der Waals surface area contributed by atoms with Crippen LogP contribution in [0.5, 0.6) is 0 Å². The lowest BCUT2D eigenvalue weighted by atomic mass is 9.96. The molecule has 3 rings (SSSR count). The zero-order chi connectivity index (χ0) is 37.4. The lowest BCUT2D eigenvalue weighted by Gasteiger charge is -2.28. The number of carbonyl (C=O) groups excluding carboxylic acids is 5. The molecule has 0 unspecified atom stereocenters. The zero-order valence-corrected chi connectivity index (χ0v) is 30.4. The van der Waals surface area contributed by atoms with Crippen LogP contribution in [0.3, 0.4) is 0 Å². The Bertz CT molecular complexity index is 1560. The van der Waals surface area contributed by atoms with Crippen molar-refractivity contribution in [2.75, 3.05) is 13.7 Å². The Kier molecular flexibility index (Phi) is 15.8. The van der Waals surface area contributed by atoms with Crippen molar-refractivity contribution in [2.45, 2.75) is 90.1 Å². The van der Waals surface area contributed by atoms with Gasteiger partial charge in [-0.2, -0.15) is 0 Å². The summed E-state index contributed by atoms with van der Waals surface area (Å²) in [5, 5.41) is 11.5. The van der Waals surface area contributed by atoms with Gasteiger partial charge in [-0.25, -0.2) is 9.59 Å². The maximum Gasteiger partial charge on any atom is 0.408 e. The van der Waals surface area contributed by atoms with E-state index in [1.807, 2.05) is 105 Å². The number of amides is 3. The van der Waals surface area contributed by atoms with Crippen molar-refractivity contribution < 1.29 is 33.4 Å². The molecule has 0 saturated heterocycles. The van der Waals surface area contributed by atoms with E-state index in [1.54, 1.807) is 20.8 Å². The van der Waals surface area contributed by atoms with Crippen molar-refractivity contribution in [3.63, 3.8) is 0 Å². The van der Waals surface area contributed by atoms with Gasteiger partial charge in [0.25, 0.3) is 0 Å². The summed E-state index contributed by atoms with van der Waals surface area (Å²) in [5.41, 5.74) is 1.74. The number of nitrogens with one attached hydrogen (secondary N) is 4. The fraction of sp³-hybridized carbons (Fsp3) is 0.425. The first-order valence-corrected chi connectivity index (χ1v) is 17.4. The van der Waals surface area contributed by atoms with E-state index in [1.165, 1.54) is 7.11 Å². The van der Waals surface area contributed by atoms with Gasteiger partial charge in [0, 0.05) is 6.42 Å². The van der Waals surface area contributed by atoms with Crippen LogP contribution in [-0.2, 0) is 47.9 Å². The van der Waals surface area contributed by atoms with Crippen molar-refractivity contribution in [3.05, 3.63) is 108 Å². The zero-order valence-electron chi connectivity index (χ0n) is 30.4. The second kappa shape index (κ2) is 20.0. The third kappa shape index (κ3) is 14.0. The Hall–Kier alpha value is -5.03. The number of Topliss-reactive ketones (excluding diaryl/α,β-unsaturated/α-hetero) is 1. The molecule has 3 aromatic rings. The van der Waals surface area contributed by atoms with Crippen molar-refractivity contribution in [1.82, 2.24) is 21.3 Å². The van der Waals surface area contributed by atoms with E-state index >= 15 is 0 Å². The van der Waals surface area contributed by atoms with Crippen molar-refractivity contribution >= 4 is 29.7 Å². The number of esters is 1. The van der Waals surface area contributed by atoms with Crippen molar-refractivity contribution in [3.8, 4) is 0 Å². The smallest absolute Gasteiger partial charge is 0.408 e. The van der Waals surface area contributed by atoms with Gasteiger partial charge < -0.3 is 25.4 Å². The SMILES string of the molecule is CC[C@H](C)[C@H](NC(=O)[C@H](Cc1ccccc1)NCC(=O)[C@H](Cc1ccccc1)NC(=O)OC(C)(C)C)C(=O)N[C@@H](Cc1ccccc1)C(=O)OC. The number of alkyl carbamates (subject to hydrolysis) is 1. The van der Waals surface area contributed by atoms with Gasteiger partial charge >= 0.3 is 12.1 Å². The van der Waals surface area contributed by atoms with Gasteiger partial charge in [0.15, 0.2) is 5.78 Å². The Morgan fingerprint density at radius 3 is 1.57 bits per heavy atom. The maximum absolute atomic E-state index is 14.0. The average molecular weight is 701 g/mol. The second-order valence-corrected chi connectivity index (χ2v) is 13.6. The third-order valence-corrected chi connectivity index (χ3v) is 8.36. The molecule has 4 N–H and O–H groups in total. The van der Waals surface area contributed by atoms with Gasteiger partial charge in [0.2, 0.25) is 11.8 Å². The Morgan fingerprint density at radius 1 is 0.647 bits per heavy atom. The average Bonchev–Trinajstić information content (AvgIpc) is 3.11. The van der Waals surface area contributed by atoms with E-state index in [0.29, 0.717) is 6.42 Å². The predicted octanol–water partition coefficient (Wildman–Crippen LogP) is 4.32. The summed E-state index contributed by atoms with van der Waals surface area (Å²) in [6.07, 6.45) is 0.484. The van der Waals surface area contributed by atoms with E-state index < -0.39 is 53.6 Å². The standard InChI is InChI=1S/C40H52N4O7/c1-7-27(2)35(37(47)42-33(38(48)50-6)25-30-21-15-10-16-22-30)44-36(46)32(24-29-19-13-9-14-20-29)41-26-34(45)31(23-28-17-11-8-12-18-28)43-39(49)51-40(3,4)5/h8-22,27,31-33,35,41H,7,23-26H2,1-6H3,(H,42,47)(H,43,49)(H,44,46)/t27-,31-,32-,33-,35-/m0/s1. The summed E-state index contributed by atoms with van der Waals surface area (Å²) in [6.45, 7) is 8.71. The molecule has 11 heteroatoms. The number of benzene rings is 3. The second-order valence-electron chi connectivity index (χ2n) is 13.6. The molecule has 0 saturated carbocycles. The van der Waals surface area contributed by atoms with Crippen LogP contribution < -0.4 is 21.3 Å². The van der Waals surface area contributed by atoms with Gasteiger partial charge in [-0.05, 0) is 56.2 Å².